The zero-order chi connectivity index (χ0) is 32.7. The standard InChI is InChI=1S/C37H35FN6O3/c1-43(2)37-40-19-25(20-41-37)30-16-29-22(15-34(30)47-3)11-12-44-33(29)17-31(35(44)23-7-6-8-26(38)13-23)36(46)42-27(21-45)14-24-18-39-32-10-5-4-9-28(24)32/h4-10,13,15-20,27,39,45H,11-12,14,21H2,1-3H3,(H,42,46)/t27-/m1/s1. The average Bonchev–Trinajstić information content (AvgIpc) is 3.69. The van der Waals surface area contributed by atoms with Crippen LogP contribution in [0.5, 0.6) is 5.75 Å². The molecule has 0 saturated heterocycles. The fourth-order valence-corrected chi connectivity index (χ4v) is 6.50. The molecule has 10 heteroatoms. The van der Waals surface area contributed by atoms with E-state index >= 15 is 0 Å². The molecular weight excluding hydrogens is 595 g/mol. The molecule has 47 heavy (non-hydrogen) atoms. The van der Waals surface area contributed by atoms with Gasteiger partial charge in [0.2, 0.25) is 5.95 Å². The molecule has 0 radical (unpaired) electrons. The average molecular weight is 631 g/mol. The number of carbonyl (C=O) groups excluding carboxylic acids is 1. The van der Waals surface area contributed by atoms with Gasteiger partial charge in [-0.2, -0.15) is 0 Å². The fourth-order valence-electron chi connectivity index (χ4n) is 6.50. The lowest BCUT2D eigenvalue weighted by Gasteiger charge is -2.24. The number of amides is 1. The molecule has 0 saturated carbocycles. The third kappa shape index (κ3) is 5.61. The van der Waals surface area contributed by atoms with Gasteiger partial charge in [0, 0.05) is 78.1 Å². The van der Waals surface area contributed by atoms with Gasteiger partial charge in [0.05, 0.1) is 31.0 Å². The van der Waals surface area contributed by atoms with Gasteiger partial charge in [-0.1, -0.05) is 30.3 Å². The molecule has 1 amide bonds. The van der Waals surface area contributed by atoms with Crippen LogP contribution in [0.15, 0.2) is 85.3 Å². The number of para-hydroxylation sites is 1. The van der Waals surface area contributed by atoms with Gasteiger partial charge < -0.3 is 29.6 Å². The minimum atomic E-state index is -0.535. The van der Waals surface area contributed by atoms with Gasteiger partial charge in [0.15, 0.2) is 0 Å². The molecule has 1 aliphatic heterocycles. The van der Waals surface area contributed by atoms with Crippen LogP contribution >= 0.6 is 0 Å². The van der Waals surface area contributed by atoms with Crippen LogP contribution in [0.1, 0.15) is 21.5 Å². The highest BCUT2D eigenvalue weighted by molar-refractivity contribution is 6.03. The minimum Gasteiger partial charge on any atom is -0.496 e. The molecule has 1 aliphatic rings. The number of methoxy groups -OCH3 is 1. The Morgan fingerprint density at radius 1 is 1.06 bits per heavy atom. The Balaban J connectivity index is 1.30. The number of H-pyrrole nitrogens is 1. The van der Waals surface area contributed by atoms with Gasteiger partial charge in [-0.3, -0.25) is 4.79 Å². The number of aliphatic hydroxyl groups is 1. The van der Waals surface area contributed by atoms with Crippen LogP contribution in [0.25, 0.3) is 44.5 Å². The highest BCUT2D eigenvalue weighted by atomic mass is 19.1. The molecule has 0 bridgehead atoms. The van der Waals surface area contributed by atoms with E-state index < -0.39 is 6.04 Å². The van der Waals surface area contributed by atoms with E-state index in [1.54, 1.807) is 25.6 Å². The molecule has 3 aromatic heterocycles. The Morgan fingerprint density at radius 3 is 2.62 bits per heavy atom. The summed E-state index contributed by atoms with van der Waals surface area (Å²) < 4.78 is 22.5. The van der Waals surface area contributed by atoms with Crippen molar-refractivity contribution in [1.82, 2.24) is 24.8 Å². The van der Waals surface area contributed by atoms with Gasteiger partial charge in [-0.05, 0) is 60.4 Å². The number of anilines is 1. The van der Waals surface area contributed by atoms with E-state index in [1.165, 1.54) is 12.1 Å². The molecule has 0 spiro atoms. The number of fused-ring (bicyclic) bond motifs is 4. The molecule has 238 valence electrons. The highest BCUT2D eigenvalue weighted by Gasteiger charge is 2.29. The molecule has 9 nitrogen and oxygen atoms in total. The van der Waals surface area contributed by atoms with E-state index in [0.29, 0.717) is 47.9 Å². The first-order valence-electron chi connectivity index (χ1n) is 15.5. The van der Waals surface area contributed by atoms with Crippen LogP contribution in [-0.2, 0) is 19.4 Å². The molecule has 7 rings (SSSR count). The van der Waals surface area contributed by atoms with E-state index in [0.717, 1.165) is 44.4 Å². The van der Waals surface area contributed by atoms with E-state index in [2.05, 4.69) is 30.9 Å². The number of aromatic nitrogens is 4. The van der Waals surface area contributed by atoms with E-state index in [9.17, 15) is 14.3 Å². The van der Waals surface area contributed by atoms with Crippen LogP contribution in [0.4, 0.5) is 10.3 Å². The summed E-state index contributed by atoms with van der Waals surface area (Å²) in [6.07, 6.45) is 6.59. The molecule has 0 fully saturated rings. The molecule has 0 aliphatic carbocycles. The summed E-state index contributed by atoms with van der Waals surface area (Å²) in [5.74, 6) is 0.576. The number of aliphatic hydroxyl groups excluding tert-OH is 1. The van der Waals surface area contributed by atoms with Gasteiger partial charge in [0.25, 0.3) is 5.91 Å². The lowest BCUT2D eigenvalue weighted by molar-refractivity contribution is 0.0917. The van der Waals surface area contributed by atoms with Crippen LogP contribution in [0, 0.1) is 5.82 Å². The second-order valence-corrected chi connectivity index (χ2v) is 12.0. The van der Waals surface area contributed by atoms with Crippen LogP contribution < -0.4 is 15.0 Å². The number of halogens is 1. The topological polar surface area (TPSA) is 108 Å². The van der Waals surface area contributed by atoms with Crippen LogP contribution in [-0.4, -0.2) is 64.4 Å². The van der Waals surface area contributed by atoms with Crippen molar-refractivity contribution in [3.8, 4) is 39.4 Å². The molecule has 3 N–H and O–H groups in total. The minimum absolute atomic E-state index is 0.241. The lowest BCUT2D eigenvalue weighted by atomic mass is 9.93. The number of nitrogens with zero attached hydrogens (tertiary/aromatic N) is 4. The highest BCUT2D eigenvalue weighted by Crippen LogP contribution is 2.43. The Bertz CT molecular complexity index is 2100. The van der Waals surface area contributed by atoms with Gasteiger partial charge >= 0.3 is 0 Å². The smallest absolute Gasteiger partial charge is 0.253 e. The normalized spacial score (nSPS) is 12.8. The van der Waals surface area contributed by atoms with Crippen molar-refractivity contribution in [2.24, 2.45) is 0 Å². The summed E-state index contributed by atoms with van der Waals surface area (Å²) in [4.78, 5) is 28.2. The first-order chi connectivity index (χ1) is 22.8. The molecule has 1 atom stereocenters. The first kappa shape index (κ1) is 30.2. The monoisotopic (exact) mass is 630 g/mol. The van der Waals surface area contributed by atoms with Crippen molar-refractivity contribution in [3.05, 3.63) is 108 Å². The largest absolute Gasteiger partial charge is 0.496 e. The van der Waals surface area contributed by atoms with E-state index in [1.807, 2.05) is 67.7 Å². The predicted molar refractivity (Wildman–Crippen MR) is 181 cm³/mol. The molecule has 3 aromatic carbocycles. The Kier molecular flexibility index (Phi) is 7.95. The van der Waals surface area contributed by atoms with Crippen molar-refractivity contribution >= 4 is 22.8 Å². The number of benzene rings is 3. The van der Waals surface area contributed by atoms with Gasteiger partial charge in [-0.25, -0.2) is 14.4 Å². The number of aryl methyl sites for hydroxylation is 1. The number of nitrogens with one attached hydrogen (secondary N) is 2. The molecule has 6 aromatic rings. The second kappa shape index (κ2) is 12.4. The summed E-state index contributed by atoms with van der Waals surface area (Å²) in [6.45, 7) is 0.345. The summed E-state index contributed by atoms with van der Waals surface area (Å²) in [5, 5.41) is 14.4. The zero-order valence-corrected chi connectivity index (χ0v) is 26.4. The van der Waals surface area contributed by atoms with Gasteiger partial charge in [-0.15, -0.1) is 0 Å². The SMILES string of the molecule is COc1cc2c(cc1-c1cnc(N(C)C)nc1)-c1cc(C(=O)N[C@@H](CO)Cc3c[nH]c4ccccc34)c(-c3cccc(F)c3)n1CC2. The summed E-state index contributed by atoms with van der Waals surface area (Å²) >= 11 is 0. The number of hydrogen-bond donors (Lipinski definition) is 3. The van der Waals surface area contributed by atoms with Crippen LogP contribution in [0.3, 0.4) is 0 Å². The maximum Gasteiger partial charge on any atom is 0.253 e. The number of carbonyl (C=O) groups is 1. The quantitative estimate of drug-likeness (QED) is 0.185. The third-order valence-corrected chi connectivity index (χ3v) is 8.79. The Labute approximate surface area is 271 Å². The maximum absolute atomic E-state index is 14.6. The van der Waals surface area contributed by atoms with Crippen molar-refractivity contribution in [2.45, 2.75) is 25.4 Å². The summed E-state index contributed by atoms with van der Waals surface area (Å²) in [7, 11) is 5.42. The van der Waals surface area contributed by atoms with Crippen molar-refractivity contribution < 1.29 is 19.0 Å². The number of rotatable bonds is 9. The Morgan fingerprint density at radius 2 is 1.87 bits per heavy atom. The molecule has 4 heterocycles. The molecular formula is C37H35FN6O3. The van der Waals surface area contributed by atoms with E-state index in [-0.39, 0.29) is 18.3 Å². The summed E-state index contributed by atoms with van der Waals surface area (Å²) in [5.41, 5.74) is 8.10. The number of ether oxygens (including phenoxy) is 1. The fraction of sp³-hybridized carbons (Fsp3) is 0.216. The zero-order valence-electron chi connectivity index (χ0n) is 26.4. The van der Waals surface area contributed by atoms with Crippen molar-refractivity contribution in [3.63, 3.8) is 0 Å². The predicted octanol–water partition coefficient (Wildman–Crippen LogP) is 5.86. The maximum atomic E-state index is 14.6. The van der Waals surface area contributed by atoms with Crippen molar-refractivity contribution in [1.29, 1.82) is 0 Å². The third-order valence-electron chi connectivity index (χ3n) is 8.79. The molecule has 0 unspecified atom stereocenters. The Hall–Kier alpha value is -5.48. The van der Waals surface area contributed by atoms with Gasteiger partial charge in [0.1, 0.15) is 11.6 Å². The van der Waals surface area contributed by atoms with Crippen molar-refractivity contribution in [2.75, 3.05) is 32.7 Å². The second-order valence-electron chi connectivity index (χ2n) is 12.0. The number of aromatic amines is 1. The van der Waals surface area contributed by atoms with Crippen LogP contribution in [0.2, 0.25) is 0 Å². The number of hydrogen-bond acceptors (Lipinski definition) is 6. The first-order valence-corrected chi connectivity index (χ1v) is 15.5. The van der Waals surface area contributed by atoms with E-state index in [4.69, 9.17) is 4.74 Å². The summed E-state index contributed by atoms with van der Waals surface area (Å²) in [6, 6.07) is 19.7. The lowest BCUT2D eigenvalue weighted by Crippen LogP contribution is -2.39.